The normalized spacial score (nSPS) is 13.4. The molecule has 0 fully saturated rings. The van der Waals surface area contributed by atoms with Gasteiger partial charge >= 0.3 is 5.97 Å². The average Bonchev–Trinajstić information content (AvgIpc) is 2.55. The summed E-state index contributed by atoms with van der Waals surface area (Å²) in [6, 6.07) is 0. The van der Waals surface area contributed by atoms with Gasteiger partial charge in [-0.3, -0.25) is 9.59 Å². The first kappa shape index (κ1) is 24.7. The lowest BCUT2D eigenvalue weighted by Crippen LogP contribution is -2.40. The Morgan fingerprint density at radius 3 is 2.15 bits per heavy atom. The lowest BCUT2D eigenvalue weighted by atomic mass is 9.83. The van der Waals surface area contributed by atoms with E-state index in [9.17, 15) is 14.7 Å². The van der Waals surface area contributed by atoms with Crippen LogP contribution in [0.25, 0.3) is 0 Å². The number of methoxy groups -OCH3 is 1. The van der Waals surface area contributed by atoms with Crippen molar-refractivity contribution >= 4 is 29.1 Å². The van der Waals surface area contributed by atoms with Crippen LogP contribution in [0.3, 0.4) is 0 Å². The minimum absolute atomic E-state index is 0.231. The first-order valence-corrected chi connectivity index (χ1v) is 9.13. The summed E-state index contributed by atoms with van der Waals surface area (Å²) in [6.45, 7) is 6.82. The van der Waals surface area contributed by atoms with Gasteiger partial charge in [-0.05, 0) is 12.3 Å². The van der Waals surface area contributed by atoms with E-state index in [-0.39, 0.29) is 12.3 Å². The van der Waals surface area contributed by atoms with Crippen molar-refractivity contribution < 1.29 is 28.9 Å². The predicted octanol–water partition coefficient (Wildman–Crippen LogP) is 0.822. The van der Waals surface area contributed by atoms with E-state index in [2.05, 4.69) is 5.32 Å². The first-order chi connectivity index (χ1) is 12.3. The third-order valence-electron chi connectivity index (χ3n) is 3.64. The van der Waals surface area contributed by atoms with Crippen LogP contribution in [0.5, 0.6) is 0 Å². The van der Waals surface area contributed by atoms with Gasteiger partial charge in [0.05, 0.1) is 43.9 Å². The van der Waals surface area contributed by atoms with Crippen molar-refractivity contribution in [2.24, 2.45) is 23.5 Å². The molecule has 0 radical (unpaired) electrons. The Labute approximate surface area is 160 Å². The van der Waals surface area contributed by atoms with Crippen LogP contribution in [0.2, 0.25) is 0 Å². The molecule has 1 amide bonds. The maximum atomic E-state index is 11.5. The molecule has 0 aromatic carbocycles. The zero-order chi connectivity index (χ0) is 19.9. The van der Waals surface area contributed by atoms with Crippen LogP contribution in [0.1, 0.15) is 26.7 Å². The number of amides is 1. The number of hydrogen-bond acceptors (Lipinski definition) is 6. The summed E-state index contributed by atoms with van der Waals surface area (Å²) in [7, 11) is 1.61. The third-order valence-corrected chi connectivity index (χ3v) is 4.08. The molecule has 2 atom stereocenters. The summed E-state index contributed by atoms with van der Waals surface area (Å²) in [5.41, 5.74) is 5.19. The topological polar surface area (TPSA) is 120 Å². The van der Waals surface area contributed by atoms with Crippen LogP contribution in [0.4, 0.5) is 0 Å². The number of aliphatic carboxylic acids is 1. The number of carboxylic acid groups (broad SMARTS) is 1. The van der Waals surface area contributed by atoms with Crippen molar-refractivity contribution in [3.8, 4) is 0 Å². The highest BCUT2D eigenvalue weighted by Gasteiger charge is 2.33. The second-order valence-corrected chi connectivity index (χ2v) is 6.80. The summed E-state index contributed by atoms with van der Waals surface area (Å²) in [5, 5.41) is 12.5. The van der Waals surface area contributed by atoms with Gasteiger partial charge in [0.25, 0.3) is 0 Å². The Kier molecular flexibility index (Phi) is 14.1. The number of primary amides is 1. The monoisotopic (exact) mass is 392 g/mol. The highest BCUT2D eigenvalue weighted by Crippen LogP contribution is 2.25. The number of hydrogen-bond donors (Lipinski definition) is 3. The molecule has 0 aliphatic heterocycles. The molecule has 0 spiro atoms. The van der Waals surface area contributed by atoms with Crippen molar-refractivity contribution in [3.05, 3.63) is 0 Å². The van der Waals surface area contributed by atoms with E-state index in [1.165, 1.54) is 0 Å². The fraction of sp³-hybridized carbons (Fsp3) is 0.824. The van der Waals surface area contributed by atoms with Gasteiger partial charge in [0.15, 0.2) is 0 Å². The van der Waals surface area contributed by atoms with Gasteiger partial charge < -0.3 is 30.4 Å². The number of carbonyl (C=O) groups is 2. The zero-order valence-electron chi connectivity index (χ0n) is 15.9. The summed E-state index contributed by atoms with van der Waals surface area (Å²) >= 11 is 5.37. The molecule has 26 heavy (non-hydrogen) atoms. The van der Waals surface area contributed by atoms with Gasteiger partial charge in [0, 0.05) is 26.0 Å². The molecule has 0 bridgehead atoms. The molecule has 0 aliphatic rings. The van der Waals surface area contributed by atoms with E-state index in [4.69, 9.17) is 32.2 Å². The van der Waals surface area contributed by atoms with E-state index in [0.29, 0.717) is 51.0 Å². The van der Waals surface area contributed by atoms with E-state index in [1.807, 2.05) is 13.8 Å². The van der Waals surface area contributed by atoms with E-state index in [1.54, 1.807) is 7.11 Å². The molecule has 0 heterocycles. The fourth-order valence-corrected chi connectivity index (χ4v) is 2.78. The Morgan fingerprint density at radius 2 is 1.65 bits per heavy atom. The maximum Gasteiger partial charge on any atom is 0.307 e. The van der Waals surface area contributed by atoms with Gasteiger partial charge in [-0.15, -0.1) is 0 Å². The van der Waals surface area contributed by atoms with E-state index < -0.39 is 23.7 Å². The highest BCUT2D eigenvalue weighted by molar-refractivity contribution is 7.80. The van der Waals surface area contributed by atoms with Crippen molar-refractivity contribution in [2.45, 2.75) is 26.7 Å². The number of carboxylic acids is 1. The molecular formula is C17H32N2O6S. The van der Waals surface area contributed by atoms with Crippen molar-refractivity contribution in [2.75, 3.05) is 46.7 Å². The van der Waals surface area contributed by atoms with E-state index in [0.717, 1.165) is 0 Å². The minimum atomic E-state index is -1.07. The largest absolute Gasteiger partial charge is 0.481 e. The summed E-state index contributed by atoms with van der Waals surface area (Å²) in [4.78, 5) is 23.2. The number of nitrogens with two attached hydrogens (primary N) is 1. The minimum Gasteiger partial charge on any atom is -0.481 e. The summed E-state index contributed by atoms with van der Waals surface area (Å²) < 4.78 is 15.6. The van der Waals surface area contributed by atoms with Crippen molar-refractivity contribution in [3.63, 3.8) is 0 Å². The average molecular weight is 393 g/mol. The van der Waals surface area contributed by atoms with E-state index >= 15 is 0 Å². The number of nitrogens with one attached hydrogen (secondary N) is 1. The lowest BCUT2D eigenvalue weighted by molar-refractivity contribution is -0.145. The Balaban J connectivity index is 4.34. The quantitative estimate of drug-likeness (QED) is 0.261. The summed E-state index contributed by atoms with van der Waals surface area (Å²) in [5.74, 6) is -2.86. The third kappa shape index (κ3) is 12.1. The molecule has 4 N–H and O–H groups in total. The van der Waals surface area contributed by atoms with Gasteiger partial charge in [-0.2, -0.15) is 0 Å². The maximum absolute atomic E-state index is 11.5. The van der Waals surface area contributed by atoms with Gasteiger partial charge in [-0.25, -0.2) is 0 Å². The molecule has 0 aromatic heterocycles. The second kappa shape index (κ2) is 14.8. The van der Waals surface area contributed by atoms with Crippen LogP contribution in [-0.4, -0.2) is 68.7 Å². The molecule has 1 unspecified atom stereocenters. The zero-order valence-corrected chi connectivity index (χ0v) is 16.7. The predicted molar refractivity (Wildman–Crippen MR) is 102 cm³/mol. The Bertz CT molecular complexity index is 433. The number of ether oxygens (including phenoxy) is 3. The molecule has 0 saturated heterocycles. The molecule has 8 nitrogen and oxygen atoms in total. The van der Waals surface area contributed by atoms with Crippen LogP contribution in [0, 0.1) is 17.8 Å². The molecule has 152 valence electrons. The lowest BCUT2D eigenvalue weighted by Gasteiger charge is -2.26. The number of rotatable bonds is 16. The molecular weight excluding hydrogens is 360 g/mol. The Morgan fingerprint density at radius 1 is 1.08 bits per heavy atom. The first-order valence-electron chi connectivity index (χ1n) is 8.72. The number of thiocarbonyl (C=S) groups is 1. The van der Waals surface area contributed by atoms with Gasteiger partial charge in [-0.1, -0.05) is 26.1 Å². The van der Waals surface area contributed by atoms with Crippen molar-refractivity contribution in [1.29, 1.82) is 0 Å². The van der Waals surface area contributed by atoms with Gasteiger partial charge in [0.2, 0.25) is 5.91 Å². The van der Waals surface area contributed by atoms with Crippen LogP contribution < -0.4 is 11.1 Å². The highest BCUT2D eigenvalue weighted by atomic mass is 32.1. The van der Waals surface area contributed by atoms with Crippen LogP contribution in [0.15, 0.2) is 0 Å². The molecule has 9 heteroatoms. The molecule has 0 aromatic rings. The van der Waals surface area contributed by atoms with Crippen molar-refractivity contribution in [1.82, 2.24) is 5.32 Å². The van der Waals surface area contributed by atoms with Gasteiger partial charge in [0.1, 0.15) is 0 Å². The Hall–Kier alpha value is -1.29. The summed E-state index contributed by atoms with van der Waals surface area (Å²) in [6.07, 6.45) is 0.328. The van der Waals surface area contributed by atoms with Crippen LogP contribution >= 0.6 is 12.2 Å². The molecule has 0 rings (SSSR count). The SMILES string of the molecule is COCCOCCOCCNC(=S)[C@@H](CC(C)C)C(CC(N)=O)C(=O)O. The fourth-order valence-electron chi connectivity index (χ4n) is 2.42. The number of carbonyl (C=O) groups excluding carboxylic acids is 1. The second-order valence-electron chi connectivity index (χ2n) is 6.36. The van der Waals surface area contributed by atoms with Crippen LogP contribution in [-0.2, 0) is 23.8 Å². The standard InChI is InChI=1S/C17H32N2O6S/c1-12(2)10-13(14(17(21)22)11-15(18)20)16(26)19-4-5-24-8-9-25-7-6-23-3/h12-14H,4-11H2,1-3H3,(H2,18,20)(H,19,26)(H,21,22)/t13-,14?/m0/s1. The smallest absolute Gasteiger partial charge is 0.307 e. The molecule has 0 saturated carbocycles. The molecule has 0 aliphatic carbocycles.